The van der Waals surface area contributed by atoms with E-state index >= 15 is 0 Å². The lowest BCUT2D eigenvalue weighted by Crippen LogP contribution is -2.47. The van der Waals surface area contributed by atoms with Crippen molar-refractivity contribution in [1.29, 1.82) is 0 Å². The van der Waals surface area contributed by atoms with Gasteiger partial charge in [-0.2, -0.15) is 13.2 Å². The van der Waals surface area contributed by atoms with Crippen molar-refractivity contribution < 1.29 is 27.9 Å². The number of para-hydroxylation sites is 1. The van der Waals surface area contributed by atoms with Crippen LogP contribution >= 0.6 is 0 Å². The number of piperidine rings is 1. The molecule has 1 fully saturated rings. The van der Waals surface area contributed by atoms with E-state index in [-0.39, 0.29) is 23.7 Å². The molecule has 0 aliphatic carbocycles. The summed E-state index contributed by atoms with van der Waals surface area (Å²) in [5.74, 6) is -1.63. The summed E-state index contributed by atoms with van der Waals surface area (Å²) in [5, 5.41) is 11.6. The van der Waals surface area contributed by atoms with Crippen molar-refractivity contribution in [3.05, 3.63) is 29.8 Å². The Hall–Kier alpha value is -2.25. The summed E-state index contributed by atoms with van der Waals surface area (Å²) in [5.41, 5.74) is 0.0584. The summed E-state index contributed by atoms with van der Waals surface area (Å²) in [6, 6.07) is 5.14. The lowest BCUT2D eigenvalue weighted by atomic mass is 9.91. The Kier molecular flexibility index (Phi) is 5.36. The van der Waals surface area contributed by atoms with E-state index in [4.69, 9.17) is 5.11 Å². The number of nitrogens with one attached hydrogen (secondary N) is 1. The minimum Gasteiger partial charge on any atom is -0.481 e. The molecular weight excluding hydrogens is 325 g/mol. The van der Waals surface area contributed by atoms with Crippen LogP contribution in [-0.2, 0) is 11.2 Å². The molecule has 0 bridgehead atoms. The Balaban J connectivity index is 2.11. The van der Waals surface area contributed by atoms with Crippen LogP contribution in [0.1, 0.15) is 18.9 Å². The van der Waals surface area contributed by atoms with Crippen molar-refractivity contribution in [2.45, 2.75) is 25.9 Å². The van der Waals surface area contributed by atoms with Crippen LogP contribution in [0.2, 0.25) is 0 Å². The summed E-state index contributed by atoms with van der Waals surface area (Å²) < 4.78 is 37.8. The van der Waals surface area contributed by atoms with Gasteiger partial charge in [-0.05, 0) is 24.0 Å². The van der Waals surface area contributed by atoms with Crippen LogP contribution < -0.4 is 5.32 Å². The molecule has 1 saturated heterocycles. The molecule has 0 aromatic heterocycles. The smallest absolute Gasteiger partial charge is 0.393 e. The fourth-order valence-electron chi connectivity index (χ4n) is 2.90. The molecule has 1 aromatic rings. The molecule has 8 heteroatoms. The first-order valence-corrected chi connectivity index (χ1v) is 7.59. The lowest BCUT2D eigenvalue weighted by Gasteiger charge is -2.34. The number of carboxylic acid groups (broad SMARTS) is 1. The molecule has 0 radical (unpaired) electrons. The first kappa shape index (κ1) is 18.1. The van der Waals surface area contributed by atoms with Crippen molar-refractivity contribution in [2.75, 3.05) is 18.4 Å². The highest BCUT2D eigenvalue weighted by atomic mass is 19.4. The number of hydrogen-bond acceptors (Lipinski definition) is 2. The highest BCUT2D eigenvalue weighted by molar-refractivity contribution is 5.90. The number of hydrogen-bond donors (Lipinski definition) is 2. The molecule has 2 unspecified atom stereocenters. The number of likely N-dealkylation sites (tertiary alicyclic amines) is 1. The molecule has 2 atom stereocenters. The minimum atomic E-state index is -4.38. The van der Waals surface area contributed by atoms with Gasteiger partial charge in [0.2, 0.25) is 0 Å². The lowest BCUT2D eigenvalue weighted by molar-refractivity contribution is -0.143. The molecule has 1 aliphatic rings. The largest absolute Gasteiger partial charge is 0.481 e. The fourth-order valence-corrected chi connectivity index (χ4v) is 2.90. The van der Waals surface area contributed by atoms with Crippen molar-refractivity contribution in [1.82, 2.24) is 4.90 Å². The van der Waals surface area contributed by atoms with E-state index in [9.17, 15) is 22.8 Å². The Bertz CT molecular complexity index is 619. The van der Waals surface area contributed by atoms with E-state index < -0.39 is 30.5 Å². The summed E-state index contributed by atoms with van der Waals surface area (Å²) >= 11 is 0. The zero-order chi connectivity index (χ0) is 17.9. The van der Waals surface area contributed by atoms with E-state index in [0.717, 1.165) is 0 Å². The number of carbonyl (C=O) groups excluding carboxylic acids is 1. The van der Waals surface area contributed by atoms with Gasteiger partial charge >= 0.3 is 18.2 Å². The van der Waals surface area contributed by atoms with Gasteiger partial charge in [0.05, 0.1) is 12.3 Å². The molecule has 1 aliphatic heterocycles. The minimum absolute atomic E-state index is 0.0102. The second kappa shape index (κ2) is 7.11. The average molecular weight is 344 g/mol. The van der Waals surface area contributed by atoms with Crippen molar-refractivity contribution in [3.63, 3.8) is 0 Å². The predicted octanol–water partition coefficient (Wildman–Crippen LogP) is 3.37. The number of carboxylic acids is 1. The summed E-state index contributed by atoms with van der Waals surface area (Å²) in [6.07, 6.45) is -5.05. The van der Waals surface area contributed by atoms with E-state index in [1.807, 2.05) is 6.92 Å². The van der Waals surface area contributed by atoms with Crippen LogP contribution in [0, 0.1) is 11.8 Å². The van der Waals surface area contributed by atoms with Gasteiger partial charge in [-0.15, -0.1) is 0 Å². The third kappa shape index (κ3) is 4.87. The second-order valence-corrected chi connectivity index (χ2v) is 6.16. The Morgan fingerprint density at radius 1 is 1.29 bits per heavy atom. The van der Waals surface area contributed by atoms with Crippen LogP contribution in [0.25, 0.3) is 0 Å². The van der Waals surface area contributed by atoms with E-state index in [1.165, 1.54) is 29.2 Å². The third-order valence-electron chi connectivity index (χ3n) is 3.95. The zero-order valence-corrected chi connectivity index (χ0v) is 13.1. The number of aliphatic carboxylic acids is 1. The monoisotopic (exact) mass is 344 g/mol. The molecule has 2 N–H and O–H groups in total. The number of benzene rings is 1. The van der Waals surface area contributed by atoms with Gasteiger partial charge < -0.3 is 15.3 Å². The fraction of sp³-hybridized carbons (Fsp3) is 0.500. The molecule has 0 saturated carbocycles. The zero-order valence-electron chi connectivity index (χ0n) is 13.1. The molecule has 1 heterocycles. The summed E-state index contributed by atoms with van der Waals surface area (Å²) in [4.78, 5) is 24.8. The maximum absolute atomic E-state index is 12.6. The number of alkyl halides is 3. The van der Waals surface area contributed by atoms with Crippen LogP contribution in [0.5, 0.6) is 0 Å². The maximum Gasteiger partial charge on any atom is 0.393 e. The van der Waals surface area contributed by atoms with Crippen LogP contribution in [0.15, 0.2) is 24.3 Å². The van der Waals surface area contributed by atoms with Crippen LogP contribution in [-0.4, -0.2) is 41.3 Å². The van der Waals surface area contributed by atoms with Gasteiger partial charge in [-0.25, -0.2) is 4.79 Å². The molecule has 132 valence electrons. The number of halogens is 3. The standard InChI is InChI=1S/C16H19F3N2O3/c1-10-6-12(14(22)23)9-21(8-10)15(24)20-13-5-3-2-4-11(13)7-16(17,18)19/h2-5,10,12H,6-9H2,1H3,(H,20,24)(H,22,23). The first-order chi connectivity index (χ1) is 11.2. The number of amides is 2. The van der Waals surface area contributed by atoms with Gasteiger partial charge in [0.1, 0.15) is 0 Å². The highest BCUT2D eigenvalue weighted by Gasteiger charge is 2.33. The summed E-state index contributed by atoms with van der Waals surface area (Å²) in [7, 11) is 0. The quantitative estimate of drug-likeness (QED) is 0.883. The number of urea groups is 1. The number of nitrogens with zero attached hydrogens (tertiary/aromatic N) is 1. The molecule has 24 heavy (non-hydrogen) atoms. The predicted molar refractivity (Wildman–Crippen MR) is 81.7 cm³/mol. The van der Waals surface area contributed by atoms with Crippen molar-refractivity contribution in [3.8, 4) is 0 Å². The summed E-state index contributed by atoms with van der Waals surface area (Å²) in [6.45, 7) is 2.26. The molecule has 2 amide bonds. The van der Waals surface area contributed by atoms with Gasteiger partial charge in [0.25, 0.3) is 0 Å². The van der Waals surface area contributed by atoms with Gasteiger partial charge in [0.15, 0.2) is 0 Å². The molecule has 0 spiro atoms. The van der Waals surface area contributed by atoms with E-state index in [0.29, 0.717) is 13.0 Å². The Morgan fingerprint density at radius 3 is 2.58 bits per heavy atom. The number of rotatable bonds is 3. The molecule has 2 rings (SSSR count). The highest BCUT2D eigenvalue weighted by Crippen LogP contribution is 2.27. The maximum atomic E-state index is 12.6. The topological polar surface area (TPSA) is 69.6 Å². The number of carbonyl (C=O) groups is 2. The third-order valence-corrected chi connectivity index (χ3v) is 3.95. The Labute approximate surface area is 137 Å². The van der Waals surface area contributed by atoms with E-state index in [2.05, 4.69) is 5.32 Å². The second-order valence-electron chi connectivity index (χ2n) is 6.16. The normalized spacial score (nSPS) is 21.4. The number of anilines is 1. The van der Waals surface area contributed by atoms with Crippen LogP contribution in [0.4, 0.5) is 23.7 Å². The first-order valence-electron chi connectivity index (χ1n) is 7.59. The molecule has 1 aromatic carbocycles. The van der Waals surface area contributed by atoms with Crippen molar-refractivity contribution >= 4 is 17.7 Å². The average Bonchev–Trinajstić information content (AvgIpc) is 2.47. The van der Waals surface area contributed by atoms with Crippen LogP contribution in [0.3, 0.4) is 0 Å². The Morgan fingerprint density at radius 2 is 1.96 bits per heavy atom. The molecular formula is C16H19F3N2O3. The molecule has 5 nitrogen and oxygen atoms in total. The van der Waals surface area contributed by atoms with Gasteiger partial charge in [-0.1, -0.05) is 25.1 Å². The SMILES string of the molecule is CC1CC(C(=O)O)CN(C(=O)Nc2ccccc2CC(F)(F)F)C1. The van der Waals surface area contributed by atoms with Gasteiger partial charge in [-0.3, -0.25) is 4.79 Å². The van der Waals surface area contributed by atoms with Crippen molar-refractivity contribution in [2.24, 2.45) is 11.8 Å². The van der Waals surface area contributed by atoms with E-state index in [1.54, 1.807) is 0 Å². The van der Waals surface area contributed by atoms with Gasteiger partial charge in [0, 0.05) is 18.8 Å².